The van der Waals surface area contributed by atoms with Gasteiger partial charge in [0.05, 0.1) is 22.0 Å². The van der Waals surface area contributed by atoms with E-state index in [0.717, 1.165) is 20.1 Å². The van der Waals surface area contributed by atoms with Gasteiger partial charge in [0, 0.05) is 5.02 Å². The number of rotatable bonds is 5. The minimum Gasteiger partial charge on any atom is -0.349 e. The molecule has 1 N–H and O–H groups in total. The largest absolute Gasteiger partial charge is 0.349 e. The Morgan fingerprint density at radius 2 is 2.13 bits per heavy atom. The summed E-state index contributed by atoms with van der Waals surface area (Å²) in [5.41, 5.74) is 1.98. The van der Waals surface area contributed by atoms with Gasteiger partial charge in [-0.15, -0.1) is 11.3 Å². The van der Waals surface area contributed by atoms with Crippen LogP contribution in [0.4, 0.5) is 0 Å². The number of hydrogen-bond donors (Lipinski definition) is 1. The molecule has 0 aliphatic heterocycles. The van der Waals surface area contributed by atoms with Gasteiger partial charge in [0.1, 0.15) is 0 Å². The summed E-state index contributed by atoms with van der Waals surface area (Å²) in [4.78, 5) is 16.6. The van der Waals surface area contributed by atoms with E-state index >= 15 is 0 Å². The van der Waals surface area contributed by atoms with Crippen molar-refractivity contribution < 1.29 is 4.79 Å². The molecule has 0 saturated heterocycles. The number of aromatic nitrogens is 1. The van der Waals surface area contributed by atoms with E-state index in [1.54, 1.807) is 11.3 Å². The number of nitrogens with zero attached hydrogens (tertiary/aromatic N) is 1. The molecule has 3 rings (SSSR count). The smallest absolute Gasteiger partial charge is 0.230 e. The maximum absolute atomic E-state index is 12.1. The highest BCUT2D eigenvalue weighted by atomic mass is 35.5. The Balaban J connectivity index is 1.57. The second-order valence-corrected chi connectivity index (χ2v) is 7.77. The number of amides is 1. The number of nitrogens with one attached hydrogen (secondary N) is 1. The van der Waals surface area contributed by atoms with Crippen LogP contribution in [-0.4, -0.2) is 16.6 Å². The molecule has 3 aromatic rings. The van der Waals surface area contributed by atoms with Gasteiger partial charge in [-0.3, -0.25) is 4.79 Å². The Morgan fingerprint density at radius 1 is 1.30 bits per heavy atom. The van der Waals surface area contributed by atoms with Gasteiger partial charge in [-0.1, -0.05) is 47.6 Å². The highest BCUT2D eigenvalue weighted by Crippen LogP contribution is 2.29. The number of carbonyl (C=O) groups excluding carboxylic acids is 1. The van der Waals surface area contributed by atoms with Crippen molar-refractivity contribution >= 4 is 50.8 Å². The van der Waals surface area contributed by atoms with Crippen LogP contribution in [0.25, 0.3) is 10.2 Å². The van der Waals surface area contributed by atoms with Gasteiger partial charge in [0.2, 0.25) is 5.91 Å². The molecule has 2 aromatic carbocycles. The Hall–Kier alpha value is -1.56. The standard InChI is InChI=1S/C17H15ClN2OS2/c1-11(12-5-4-6-13(18)9-12)19-16(21)10-22-17-20-14-7-2-3-8-15(14)23-17/h2-9,11H,10H2,1H3,(H,19,21)/t11-/m0/s1. The topological polar surface area (TPSA) is 42.0 Å². The molecule has 0 saturated carbocycles. The number of benzene rings is 2. The van der Waals surface area contributed by atoms with Gasteiger partial charge >= 0.3 is 0 Å². The molecule has 0 radical (unpaired) electrons. The number of thiazole rings is 1. The van der Waals surface area contributed by atoms with Crippen LogP contribution >= 0.6 is 34.7 Å². The van der Waals surface area contributed by atoms with E-state index in [2.05, 4.69) is 10.3 Å². The van der Waals surface area contributed by atoms with Crippen molar-refractivity contribution in [3.63, 3.8) is 0 Å². The molecule has 3 nitrogen and oxygen atoms in total. The van der Waals surface area contributed by atoms with Crippen molar-refractivity contribution in [2.45, 2.75) is 17.3 Å². The van der Waals surface area contributed by atoms with Gasteiger partial charge in [-0.05, 0) is 36.8 Å². The molecular formula is C17H15ClN2OS2. The first kappa shape index (κ1) is 16.3. The van der Waals surface area contributed by atoms with Gasteiger partial charge in [0.15, 0.2) is 4.34 Å². The van der Waals surface area contributed by atoms with Crippen LogP contribution in [-0.2, 0) is 4.79 Å². The van der Waals surface area contributed by atoms with Crippen LogP contribution in [0.15, 0.2) is 52.9 Å². The highest BCUT2D eigenvalue weighted by molar-refractivity contribution is 8.01. The summed E-state index contributed by atoms with van der Waals surface area (Å²) in [7, 11) is 0. The fraction of sp³-hybridized carbons (Fsp3) is 0.176. The third-order valence-electron chi connectivity index (χ3n) is 3.33. The molecule has 1 heterocycles. The second kappa shape index (κ2) is 7.34. The maximum Gasteiger partial charge on any atom is 0.230 e. The molecule has 1 amide bonds. The number of carbonyl (C=O) groups is 1. The van der Waals surface area contributed by atoms with Crippen molar-refractivity contribution in [2.75, 3.05) is 5.75 Å². The maximum atomic E-state index is 12.1. The molecule has 23 heavy (non-hydrogen) atoms. The Labute approximate surface area is 148 Å². The number of fused-ring (bicyclic) bond motifs is 1. The van der Waals surface area contributed by atoms with E-state index in [1.165, 1.54) is 11.8 Å². The van der Waals surface area contributed by atoms with Crippen molar-refractivity contribution in [3.05, 3.63) is 59.1 Å². The summed E-state index contributed by atoms with van der Waals surface area (Å²) in [6.45, 7) is 1.95. The van der Waals surface area contributed by atoms with Crippen LogP contribution in [0, 0.1) is 0 Å². The van der Waals surface area contributed by atoms with Gasteiger partial charge < -0.3 is 5.32 Å². The van der Waals surface area contributed by atoms with Crippen LogP contribution in [0.5, 0.6) is 0 Å². The summed E-state index contributed by atoms with van der Waals surface area (Å²) >= 11 is 9.06. The summed E-state index contributed by atoms with van der Waals surface area (Å²) in [6.07, 6.45) is 0. The molecule has 1 aromatic heterocycles. The predicted molar refractivity (Wildman–Crippen MR) is 98.4 cm³/mol. The summed E-state index contributed by atoms with van der Waals surface area (Å²) in [5, 5.41) is 3.66. The van der Waals surface area contributed by atoms with Gasteiger partial charge in [0.25, 0.3) is 0 Å². The van der Waals surface area contributed by atoms with Gasteiger partial charge in [-0.2, -0.15) is 0 Å². The zero-order chi connectivity index (χ0) is 16.2. The zero-order valence-electron chi connectivity index (χ0n) is 12.5. The summed E-state index contributed by atoms with van der Waals surface area (Å²) in [6, 6.07) is 15.4. The van der Waals surface area contributed by atoms with E-state index < -0.39 is 0 Å². The Morgan fingerprint density at radius 3 is 2.91 bits per heavy atom. The van der Waals surface area contributed by atoms with Crippen LogP contribution in [0.1, 0.15) is 18.5 Å². The third-order valence-corrected chi connectivity index (χ3v) is 5.74. The Bertz CT molecular complexity index is 801. The molecule has 118 valence electrons. The SMILES string of the molecule is C[C@H](NC(=O)CSc1nc2ccccc2s1)c1cccc(Cl)c1. The van der Waals surface area contributed by atoms with Crippen LogP contribution in [0.3, 0.4) is 0 Å². The number of thioether (sulfide) groups is 1. The predicted octanol–water partition coefficient (Wildman–Crippen LogP) is 4.92. The number of para-hydroxylation sites is 1. The van der Waals surface area contributed by atoms with Crippen LogP contribution < -0.4 is 5.32 Å². The molecule has 0 aliphatic rings. The molecule has 0 fully saturated rings. The minimum atomic E-state index is -0.0721. The van der Waals surface area contributed by atoms with E-state index in [-0.39, 0.29) is 11.9 Å². The lowest BCUT2D eigenvalue weighted by Gasteiger charge is -2.14. The fourth-order valence-corrected chi connectivity index (χ4v) is 4.26. The summed E-state index contributed by atoms with van der Waals surface area (Å²) in [5.74, 6) is 0.340. The van der Waals surface area contributed by atoms with E-state index in [4.69, 9.17) is 11.6 Å². The quantitative estimate of drug-likeness (QED) is 0.655. The normalized spacial score (nSPS) is 12.3. The second-order valence-electron chi connectivity index (χ2n) is 5.08. The Kier molecular flexibility index (Phi) is 5.20. The molecule has 1 atom stereocenters. The van der Waals surface area contributed by atoms with Crippen molar-refractivity contribution in [1.29, 1.82) is 0 Å². The van der Waals surface area contributed by atoms with Crippen molar-refractivity contribution in [3.8, 4) is 0 Å². The zero-order valence-corrected chi connectivity index (χ0v) is 14.8. The monoisotopic (exact) mass is 362 g/mol. The first-order valence-corrected chi connectivity index (χ1v) is 9.33. The van der Waals surface area contributed by atoms with E-state index in [1.807, 2.05) is 55.5 Å². The fourth-order valence-electron chi connectivity index (χ4n) is 2.18. The first-order valence-electron chi connectivity index (χ1n) is 7.15. The third kappa shape index (κ3) is 4.25. The minimum absolute atomic E-state index is 0.0123. The lowest BCUT2D eigenvalue weighted by molar-refractivity contribution is -0.119. The number of halogens is 1. The highest BCUT2D eigenvalue weighted by Gasteiger charge is 2.11. The van der Waals surface area contributed by atoms with Gasteiger partial charge in [-0.25, -0.2) is 4.98 Å². The molecule has 0 aliphatic carbocycles. The average molecular weight is 363 g/mol. The van der Waals surface area contributed by atoms with Crippen molar-refractivity contribution in [2.24, 2.45) is 0 Å². The van der Waals surface area contributed by atoms with E-state index in [0.29, 0.717) is 10.8 Å². The lowest BCUT2D eigenvalue weighted by Crippen LogP contribution is -2.28. The number of hydrogen-bond acceptors (Lipinski definition) is 4. The van der Waals surface area contributed by atoms with Crippen molar-refractivity contribution in [1.82, 2.24) is 10.3 Å². The molecular weight excluding hydrogens is 348 g/mol. The lowest BCUT2D eigenvalue weighted by atomic mass is 10.1. The molecule has 0 spiro atoms. The molecule has 6 heteroatoms. The average Bonchev–Trinajstić information content (AvgIpc) is 2.96. The first-order chi connectivity index (χ1) is 11.1. The molecule has 0 bridgehead atoms. The summed E-state index contributed by atoms with van der Waals surface area (Å²) < 4.78 is 2.06. The van der Waals surface area contributed by atoms with Crippen LogP contribution in [0.2, 0.25) is 5.02 Å². The van der Waals surface area contributed by atoms with E-state index in [9.17, 15) is 4.79 Å². The molecule has 0 unspecified atom stereocenters.